The first-order chi connectivity index (χ1) is 20.9. The molecular formula is C31H37F3N4O5S. The third-order valence-corrected chi connectivity index (χ3v) is 7.68. The van der Waals surface area contributed by atoms with Crippen LogP contribution in [0.1, 0.15) is 38.2 Å². The zero-order valence-electron chi connectivity index (χ0n) is 24.6. The number of sulfonamides is 1. The number of benzene rings is 3. The number of amides is 2. The van der Waals surface area contributed by atoms with Gasteiger partial charge in [0.25, 0.3) is 0 Å². The molecule has 0 radical (unpaired) electrons. The molecule has 9 nitrogen and oxygen atoms in total. The number of anilines is 2. The quantitative estimate of drug-likeness (QED) is 0.222. The van der Waals surface area contributed by atoms with Crippen LogP contribution in [-0.2, 0) is 16.6 Å². The lowest BCUT2D eigenvalue weighted by Gasteiger charge is -2.38. The summed E-state index contributed by atoms with van der Waals surface area (Å²) < 4.78 is 72.3. The summed E-state index contributed by atoms with van der Waals surface area (Å²) in [6.07, 6.45) is -0.287. The van der Waals surface area contributed by atoms with Crippen LogP contribution in [0.3, 0.4) is 0 Å². The van der Waals surface area contributed by atoms with E-state index in [1.807, 2.05) is 29.2 Å². The molecule has 238 valence electrons. The highest BCUT2D eigenvalue weighted by Crippen LogP contribution is 2.27. The van der Waals surface area contributed by atoms with E-state index in [1.54, 1.807) is 24.3 Å². The van der Waals surface area contributed by atoms with Gasteiger partial charge in [0.05, 0.1) is 6.26 Å². The second-order valence-corrected chi connectivity index (χ2v) is 12.4. The number of hydrogen-bond acceptors (Lipinski definition) is 6. The number of rotatable bonds is 12. The van der Waals surface area contributed by atoms with E-state index in [4.69, 9.17) is 4.74 Å². The van der Waals surface area contributed by atoms with Gasteiger partial charge in [-0.15, -0.1) is 13.2 Å². The van der Waals surface area contributed by atoms with Gasteiger partial charge in [0.2, 0.25) is 10.0 Å². The molecule has 2 N–H and O–H groups in total. The van der Waals surface area contributed by atoms with Crippen molar-refractivity contribution in [1.29, 1.82) is 0 Å². The van der Waals surface area contributed by atoms with Crippen molar-refractivity contribution in [2.24, 2.45) is 0 Å². The van der Waals surface area contributed by atoms with E-state index in [-0.39, 0.29) is 17.8 Å². The van der Waals surface area contributed by atoms with Crippen LogP contribution < -0.4 is 19.5 Å². The van der Waals surface area contributed by atoms with E-state index < -0.39 is 16.4 Å². The lowest BCUT2D eigenvalue weighted by atomic mass is 10.0. The highest BCUT2D eigenvalue weighted by atomic mass is 32.2. The second kappa shape index (κ2) is 14.7. The average Bonchev–Trinajstić information content (AvgIpc) is 2.96. The fourth-order valence-electron chi connectivity index (χ4n) is 4.97. The summed E-state index contributed by atoms with van der Waals surface area (Å²) in [6.45, 7) is 5.04. The van der Waals surface area contributed by atoms with Crippen LogP contribution in [0.2, 0.25) is 0 Å². The Morgan fingerprint density at radius 3 is 2.00 bits per heavy atom. The number of alkyl halides is 3. The van der Waals surface area contributed by atoms with Crippen LogP contribution in [0.25, 0.3) is 0 Å². The van der Waals surface area contributed by atoms with Gasteiger partial charge < -0.3 is 19.7 Å². The van der Waals surface area contributed by atoms with Gasteiger partial charge in [0, 0.05) is 43.6 Å². The summed E-state index contributed by atoms with van der Waals surface area (Å²) in [5, 5.41) is 2.82. The summed E-state index contributed by atoms with van der Waals surface area (Å²) >= 11 is 0. The van der Waals surface area contributed by atoms with Crippen molar-refractivity contribution in [3.8, 4) is 17.2 Å². The summed E-state index contributed by atoms with van der Waals surface area (Å²) in [5.41, 5.74) is 1.99. The van der Waals surface area contributed by atoms with Crippen LogP contribution in [0.15, 0.2) is 72.8 Å². The number of hydrogen-bond donors (Lipinski definition) is 2. The third-order valence-electron chi connectivity index (χ3n) is 7.07. The van der Waals surface area contributed by atoms with E-state index in [9.17, 15) is 26.4 Å². The molecule has 0 aliphatic carbocycles. The number of unbranched alkanes of at least 4 members (excludes halogenated alkanes) is 1. The van der Waals surface area contributed by atoms with Gasteiger partial charge in [-0.25, -0.2) is 13.2 Å². The highest BCUT2D eigenvalue weighted by Gasteiger charge is 2.31. The summed E-state index contributed by atoms with van der Waals surface area (Å²) in [6, 6.07) is 19.4. The standard InChI is InChI=1S/C31H37F3N4O5S/c1-3-4-19-38(30(39)35-24-7-15-29(16-8-24)43-31(32,33)34)26-17-20-37(21-18-26)22-23-5-11-27(12-6-23)42-28-13-9-25(10-14-28)36-44(2,40)41/h5-16,26,36H,3-4,17-22H2,1-2H3,(H,35,39). The predicted octanol–water partition coefficient (Wildman–Crippen LogP) is 7.05. The summed E-state index contributed by atoms with van der Waals surface area (Å²) in [7, 11) is -3.34. The van der Waals surface area contributed by atoms with Crippen LogP contribution >= 0.6 is 0 Å². The first-order valence-electron chi connectivity index (χ1n) is 14.4. The molecule has 1 heterocycles. The maximum absolute atomic E-state index is 13.2. The molecule has 4 rings (SSSR count). The Kier molecular flexibility index (Phi) is 11.0. The molecule has 3 aromatic carbocycles. The Balaban J connectivity index is 1.27. The van der Waals surface area contributed by atoms with Gasteiger partial charge >= 0.3 is 12.4 Å². The Morgan fingerprint density at radius 2 is 1.45 bits per heavy atom. The molecule has 0 bridgehead atoms. The Morgan fingerprint density at radius 1 is 0.909 bits per heavy atom. The molecule has 13 heteroatoms. The zero-order chi connectivity index (χ0) is 31.7. The lowest BCUT2D eigenvalue weighted by molar-refractivity contribution is -0.274. The van der Waals surface area contributed by atoms with Crippen molar-refractivity contribution < 1.29 is 35.9 Å². The minimum absolute atomic E-state index is 0.0560. The molecule has 1 aliphatic rings. The number of nitrogens with one attached hydrogen (secondary N) is 2. The van der Waals surface area contributed by atoms with Gasteiger partial charge in [0.15, 0.2) is 0 Å². The molecule has 3 aromatic rings. The van der Waals surface area contributed by atoms with Crippen molar-refractivity contribution in [2.75, 3.05) is 35.9 Å². The topological polar surface area (TPSA) is 100 Å². The van der Waals surface area contributed by atoms with E-state index in [0.29, 0.717) is 29.4 Å². The van der Waals surface area contributed by atoms with Crippen LogP contribution in [0, 0.1) is 0 Å². The lowest BCUT2D eigenvalue weighted by Crippen LogP contribution is -2.49. The van der Waals surface area contributed by atoms with Crippen molar-refractivity contribution in [1.82, 2.24) is 9.80 Å². The minimum Gasteiger partial charge on any atom is -0.457 e. The van der Waals surface area contributed by atoms with Crippen molar-refractivity contribution in [2.45, 2.75) is 51.6 Å². The minimum atomic E-state index is -4.77. The van der Waals surface area contributed by atoms with Crippen LogP contribution in [-0.4, -0.2) is 62.5 Å². The maximum Gasteiger partial charge on any atom is 0.573 e. The predicted molar refractivity (Wildman–Crippen MR) is 163 cm³/mol. The number of halogens is 3. The van der Waals surface area contributed by atoms with Gasteiger partial charge in [0.1, 0.15) is 17.2 Å². The summed E-state index contributed by atoms with van der Waals surface area (Å²) in [4.78, 5) is 17.4. The molecule has 1 aliphatic heterocycles. The maximum atomic E-state index is 13.2. The number of nitrogens with zero attached hydrogens (tertiary/aromatic N) is 2. The Bertz CT molecular complexity index is 1460. The molecule has 1 saturated heterocycles. The van der Waals surface area contributed by atoms with E-state index in [1.165, 1.54) is 24.3 Å². The van der Waals surface area contributed by atoms with Crippen molar-refractivity contribution >= 4 is 27.4 Å². The Hall–Kier alpha value is -3.97. The first kappa shape index (κ1) is 32.9. The number of likely N-dealkylation sites (tertiary alicyclic amines) is 1. The second-order valence-electron chi connectivity index (χ2n) is 10.7. The molecule has 2 amide bonds. The third kappa shape index (κ3) is 10.6. The zero-order valence-corrected chi connectivity index (χ0v) is 25.5. The number of urea groups is 1. The number of carbonyl (C=O) groups excluding carboxylic acids is 1. The largest absolute Gasteiger partial charge is 0.573 e. The molecule has 1 fully saturated rings. The Labute approximate surface area is 256 Å². The van der Waals surface area contributed by atoms with E-state index in [2.05, 4.69) is 26.6 Å². The fourth-order valence-corrected chi connectivity index (χ4v) is 5.53. The van der Waals surface area contributed by atoms with E-state index >= 15 is 0 Å². The van der Waals surface area contributed by atoms with Gasteiger partial charge in [-0.05, 0) is 85.5 Å². The molecule has 0 aromatic heterocycles. The number of ether oxygens (including phenoxy) is 2. The molecule has 0 spiro atoms. The highest BCUT2D eigenvalue weighted by molar-refractivity contribution is 7.92. The van der Waals surface area contributed by atoms with Gasteiger partial charge in [-0.1, -0.05) is 25.5 Å². The molecule has 0 saturated carbocycles. The summed E-state index contributed by atoms with van der Waals surface area (Å²) in [5.74, 6) is 0.906. The van der Waals surface area contributed by atoms with Gasteiger partial charge in [-0.3, -0.25) is 9.62 Å². The average molecular weight is 635 g/mol. The normalized spacial score (nSPS) is 14.6. The van der Waals surface area contributed by atoms with Crippen LogP contribution in [0.5, 0.6) is 17.2 Å². The fraction of sp³-hybridized carbons (Fsp3) is 0.387. The smallest absolute Gasteiger partial charge is 0.457 e. The number of piperidine rings is 1. The van der Waals surface area contributed by atoms with E-state index in [0.717, 1.165) is 57.1 Å². The van der Waals surface area contributed by atoms with Crippen molar-refractivity contribution in [3.05, 3.63) is 78.4 Å². The molecular weight excluding hydrogens is 597 g/mol. The molecule has 0 unspecified atom stereocenters. The first-order valence-corrected chi connectivity index (χ1v) is 16.3. The molecule has 0 atom stereocenters. The monoisotopic (exact) mass is 634 g/mol. The SMILES string of the molecule is CCCCN(C(=O)Nc1ccc(OC(F)(F)F)cc1)C1CCN(Cc2ccc(Oc3ccc(NS(C)(=O)=O)cc3)cc2)CC1. The van der Waals surface area contributed by atoms with Crippen molar-refractivity contribution in [3.63, 3.8) is 0 Å². The van der Waals surface area contributed by atoms with Crippen LogP contribution in [0.4, 0.5) is 29.3 Å². The number of carbonyl (C=O) groups is 1. The molecule has 44 heavy (non-hydrogen) atoms. The van der Waals surface area contributed by atoms with Gasteiger partial charge in [-0.2, -0.15) is 0 Å².